The summed E-state index contributed by atoms with van der Waals surface area (Å²) in [6.07, 6.45) is 5.31. The summed E-state index contributed by atoms with van der Waals surface area (Å²) in [5, 5.41) is 3.43. The van der Waals surface area contributed by atoms with Crippen LogP contribution in [0.3, 0.4) is 0 Å². The molecule has 0 spiro atoms. The summed E-state index contributed by atoms with van der Waals surface area (Å²) in [5.74, 6) is 1.01. The quantitative estimate of drug-likeness (QED) is 0.866. The van der Waals surface area contributed by atoms with Gasteiger partial charge in [0.1, 0.15) is 5.82 Å². The first-order chi connectivity index (χ1) is 9.22. The molecule has 1 unspecified atom stereocenters. The van der Waals surface area contributed by atoms with E-state index in [1.165, 1.54) is 5.56 Å². The van der Waals surface area contributed by atoms with Crippen molar-refractivity contribution in [3.05, 3.63) is 48.0 Å². The van der Waals surface area contributed by atoms with Gasteiger partial charge in [-0.25, -0.2) is 4.98 Å². The Kier molecular flexibility index (Phi) is 4.58. The Bertz CT molecular complexity index is 496. The van der Waals surface area contributed by atoms with Gasteiger partial charge in [-0.15, -0.1) is 0 Å². The minimum absolute atomic E-state index is 0.292. The number of hydrogen-bond donors (Lipinski definition) is 1. The van der Waals surface area contributed by atoms with Gasteiger partial charge in [-0.2, -0.15) is 0 Å². The second kappa shape index (κ2) is 6.38. The van der Waals surface area contributed by atoms with Gasteiger partial charge in [0.15, 0.2) is 0 Å². The SMILES string of the molecule is CCNC(C)c1cccnc1N(C)Cc1ccoc1. The molecule has 0 aromatic carbocycles. The number of aromatic nitrogens is 1. The molecule has 0 saturated carbocycles. The first-order valence-electron chi connectivity index (χ1n) is 6.63. The number of anilines is 1. The molecule has 0 bridgehead atoms. The highest BCUT2D eigenvalue weighted by atomic mass is 16.3. The Hall–Kier alpha value is -1.81. The van der Waals surface area contributed by atoms with Gasteiger partial charge in [0.25, 0.3) is 0 Å². The number of furan rings is 1. The third-order valence-electron chi connectivity index (χ3n) is 3.16. The van der Waals surface area contributed by atoms with Crippen LogP contribution in [0.4, 0.5) is 5.82 Å². The Balaban J connectivity index is 2.18. The number of nitrogens with one attached hydrogen (secondary N) is 1. The summed E-state index contributed by atoms with van der Waals surface area (Å²) < 4.78 is 5.11. The first kappa shape index (κ1) is 13.6. The van der Waals surface area contributed by atoms with Crippen molar-refractivity contribution in [2.24, 2.45) is 0 Å². The molecular weight excluding hydrogens is 238 g/mol. The van der Waals surface area contributed by atoms with E-state index in [0.29, 0.717) is 6.04 Å². The zero-order valence-electron chi connectivity index (χ0n) is 11.8. The fourth-order valence-electron chi connectivity index (χ4n) is 2.21. The lowest BCUT2D eigenvalue weighted by Crippen LogP contribution is -2.24. The lowest BCUT2D eigenvalue weighted by molar-refractivity contribution is 0.563. The van der Waals surface area contributed by atoms with Crippen LogP contribution >= 0.6 is 0 Å². The molecule has 2 aromatic heterocycles. The van der Waals surface area contributed by atoms with Crippen LogP contribution in [0.25, 0.3) is 0 Å². The van der Waals surface area contributed by atoms with E-state index < -0.39 is 0 Å². The van der Waals surface area contributed by atoms with Crippen molar-refractivity contribution >= 4 is 5.82 Å². The molecule has 102 valence electrons. The lowest BCUT2D eigenvalue weighted by atomic mass is 10.1. The number of nitrogens with zero attached hydrogens (tertiary/aromatic N) is 2. The molecule has 2 aromatic rings. The summed E-state index contributed by atoms with van der Waals surface area (Å²) in [6, 6.07) is 6.38. The highest BCUT2D eigenvalue weighted by molar-refractivity contribution is 5.48. The second-order valence-electron chi connectivity index (χ2n) is 4.68. The van der Waals surface area contributed by atoms with Crippen LogP contribution in [0.5, 0.6) is 0 Å². The predicted octanol–water partition coefficient (Wildman–Crippen LogP) is 2.98. The maximum atomic E-state index is 5.11. The molecule has 2 rings (SSSR count). The summed E-state index contributed by atoms with van der Waals surface area (Å²) in [7, 11) is 2.05. The van der Waals surface area contributed by atoms with Crippen molar-refractivity contribution in [1.82, 2.24) is 10.3 Å². The summed E-state index contributed by atoms with van der Waals surface area (Å²) >= 11 is 0. The van der Waals surface area contributed by atoms with Crippen LogP contribution in [0, 0.1) is 0 Å². The summed E-state index contributed by atoms with van der Waals surface area (Å²) in [5.41, 5.74) is 2.37. The van der Waals surface area contributed by atoms with Crippen LogP contribution in [0.15, 0.2) is 41.3 Å². The van der Waals surface area contributed by atoms with E-state index in [9.17, 15) is 0 Å². The van der Waals surface area contributed by atoms with Gasteiger partial charge in [-0.05, 0) is 25.6 Å². The van der Waals surface area contributed by atoms with Crippen molar-refractivity contribution in [2.75, 3.05) is 18.5 Å². The largest absolute Gasteiger partial charge is 0.472 e. The van der Waals surface area contributed by atoms with E-state index in [-0.39, 0.29) is 0 Å². The van der Waals surface area contributed by atoms with E-state index in [0.717, 1.165) is 24.5 Å². The van der Waals surface area contributed by atoms with Crippen molar-refractivity contribution in [3.8, 4) is 0 Å². The Morgan fingerprint density at radius 1 is 1.42 bits per heavy atom. The predicted molar refractivity (Wildman–Crippen MR) is 77.1 cm³/mol. The van der Waals surface area contributed by atoms with Gasteiger partial charge in [0.2, 0.25) is 0 Å². The standard InChI is InChI=1S/C15H21N3O/c1-4-16-12(2)14-6-5-8-17-15(14)18(3)10-13-7-9-19-11-13/h5-9,11-12,16H,4,10H2,1-3H3. The smallest absolute Gasteiger partial charge is 0.133 e. The molecule has 0 saturated heterocycles. The normalized spacial score (nSPS) is 12.4. The molecule has 4 nitrogen and oxygen atoms in total. The third kappa shape index (κ3) is 3.35. The molecule has 4 heteroatoms. The average Bonchev–Trinajstić information content (AvgIpc) is 2.92. The number of hydrogen-bond acceptors (Lipinski definition) is 4. The Morgan fingerprint density at radius 2 is 2.26 bits per heavy atom. The highest BCUT2D eigenvalue weighted by Crippen LogP contribution is 2.24. The zero-order valence-corrected chi connectivity index (χ0v) is 11.8. The Morgan fingerprint density at radius 3 is 2.95 bits per heavy atom. The van der Waals surface area contributed by atoms with Crippen LogP contribution in [0.2, 0.25) is 0 Å². The van der Waals surface area contributed by atoms with E-state index in [1.807, 2.05) is 18.3 Å². The van der Waals surface area contributed by atoms with Gasteiger partial charge in [0, 0.05) is 37.0 Å². The van der Waals surface area contributed by atoms with Crippen LogP contribution < -0.4 is 10.2 Å². The molecule has 0 radical (unpaired) electrons. The minimum atomic E-state index is 0.292. The third-order valence-corrected chi connectivity index (χ3v) is 3.16. The lowest BCUT2D eigenvalue weighted by Gasteiger charge is -2.23. The first-order valence-corrected chi connectivity index (χ1v) is 6.63. The number of pyridine rings is 1. The summed E-state index contributed by atoms with van der Waals surface area (Å²) in [6.45, 7) is 6.01. The molecule has 1 N–H and O–H groups in total. The van der Waals surface area contributed by atoms with Crippen LogP contribution in [-0.4, -0.2) is 18.6 Å². The number of rotatable bonds is 6. The van der Waals surface area contributed by atoms with Crippen molar-refractivity contribution in [2.45, 2.75) is 26.4 Å². The molecule has 0 amide bonds. The van der Waals surface area contributed by atoms with Crippen molar-refractivity contribution in [3.63, 3.8) is 0 Å². The molecule has 2 heterocycles. The molecule has 1 atom stereocenters. The van der Waals surface area contributed by atoms with Gasteiger partial charge in [-0.1, -0.05) is 13.0 Å². The molecule has 0 aliphatic heterocycles. The molecule has 0 aliphatic carbocycles. The molecule has 0 aliphatic rings. The van der Waals surface area contributed by atoms with Gasteiger partial charge in [-0.3, -0.25) is 0 Å². The fourth-order valence-corrected chi connectivity index (χ4v) is 2.21. The average molecular weight is 259 g/mol. The van der Waals surface area contributed by atoms with E-state index in [1.54, 1.807) is 12.5 Å². The topological polar surface area (TPSA) is 41.3 Å². The molecular formula is C15H21N3O. The van der Waals surface area contributed by atoms with Crippen LogP contribution in [0.1, 0.15) is 31.0 Å². The second-order valence-corrected chi connectivity index (χ2v) is 4.68. The molecule has 19 heavy (non-hydrogen) atoms. The van der Waals surface area contributed by atoms with Crippen molar-refractivity contribution in [1.29, 1.82) is 0 Å². The van der Waals surface area contributed by atoms with Gasteiger partial charge < -0.3 is 14.6 Å². The van der Waals surface area contributed by atoms with Gasteiger partial charge in [0.05, 0.1) is 12.5 Å². The molecule has 0 fully saturated rings. The van der Waals surface area contributed by atoms with Crippen LogP contribution in [-0.2, 0) is 6.54 Å². The van der Waals surface area contributed by atoms with Crippen molar-refractivity contribution < 1.29 is 4.42 Å². The fraction of sp³-hybridized carbons (Fsp3) is 0.400. The van der Waals surface area contributed by atoms with E-state index >= 15 is 0 Å². The summed E-state index contributed by atoms with van der Waals surface area (Å²) in [4.78, 5) is 6.66. The Labute approximate surface area is 114 Å². The van der Waals surface area contributed by atoms with E-state index in [4.69, 9.17) is 4.42 Å². The monoisotopic (exact) mass is 259 g/mol. The van der Waals surface area contributed by atoms with E-state index in [2.05, 4.69) is 42.2 Å². The van der Waals surface area contributed by atoms with Gasteiger partial charge >= 0.3 is 0 Å². The highest BCUT2D eigenvalue weighted by Gasteiger charge is 2.14. The minimum Gasteiger partial charge on any atom is -0.472 e. The zero-order chi connectivity index (χ0) is 13.7. The maximum Gasteiger partial charge on any atom is 0.133 e. The maximum absolute atomic E-state index is 5.11.